The second-order valence-electron chi connectivity index (χ2n) is 8.32. The number of fused-ring (bicyclic) bond motifs is 1. The van der Waals surface area contributed by atoms with Gasteiger partial charge in [0.25, 0.3) is 0 Å². The van der Waals surface area contributed by atoms with E-state index in [-0.39, 0.29) is 11.4 Å². The lowest BCUT2D eigenvalue weighted by Crippen LogP contribution is -2.26. The average Bonchev–Trinajstić information content (AvgIpc) is 2.97. The minimum atomic E-state index is -0.413. The number of halogens is 1. The average molecular weight is 435 g/mol. The van der Waals surface area contributed by atoms with Crippen molar-refractivity contribution in [2.24, 2.45) is 11.3 Å². The molecule has 1 aliphatic carbocycles. The lowest BCUT2D eigenvalue weighted by molar-refractivity contribution is 0.0526. The smallest absolute Gasteiger partial charge is 0.341 e. The van der Waals surface area contributed by atoms with Crippen LogP contribution < -0.4 is 10.6 Å². The zero-order valence-electron chi connectivity index (χ0n) is 17.2. The van der Waals surface area contributed by atoms with Gasteiger partial charge in [-0.25, -0.2) is 9.59 Å². The topological polar surface area (TPSA) is 67.4 Å². The number of nitrogens with one attached hydrogen (secondary N) is 2. The molecule has 1 aromatic carbocycles. The quantitative estimate of drug-likeness (QED) is 0.549. The summed E-state index contributed by atoms with van der Waals surface area (Å²) < 4.78 is 5.28. The molecule has 1 aliphatic rings. The maximum absolute atomic E-state index is 12.7. The molecule has 0 saturated heterocycles. The molecule has 0 fully saturated rings. The molecule has 0 saturated carbocycles. The number of benzene rings is 1. The summed E-state index contributed by atoms with van der Waals surface area (Å²) >= 11 is 7.46. The molecule has 1 atom stereocenters. The first kappa shape index (κ1) is 21.7. The molecule has 1 aromatic heterocycles. The third-order valence-corrected chi connectivity index (χ3v) is 6.68. The van der Waals surface area contributed by atoms with Crippen molar-refractivity contribution in [2.45, 2.75) is 47.0 Å². The third-order valence-electron chi connectivity index (χ3n) is 5.28. The summed E-state index contributed by atoms with van der Waals surface area (Å²) in [6.07, 6.45) is 2.75. The van der Waals surface area contributed by atoms with Gasteiger partial charge in [-0.3, -0.25) is 5.32 Å². The first-order valence-corrected chi connectivity index (χ1v) is 11.0. The van der Waals surface area contributed by atoms with Gasteiger partial charge in [-0.15, -0.1) is 11.3 Å². The molecular formula is C22H27ClN2O3S. The van der Waals surface area contributed by atoms with Crippen LogP contribution in [0.1, 0.15) is 54.9 Å². The molecule has 29 heavy (non-hydrogen) atoms. The van der Waals surface area contributed by atoms with Crippen molar-refractivity contribution in [3.8, 4) is 0 Å². The van der Waals surface area contributed by atoms with E-state index in [1.165, 1.54) is 11.3 Å². The van der Waals surface area contributed by atoms with Crippen LogP contribution in [0.2, 0.25) is 5.02 Å². The minimum absolute atomic E-state index is 0.198. The van der Waals surface area contributed by atoms with Crippen LogP contribution in [0.25, 0.3) is 0 Å². The van der Waals surface area contributed by atoms with Gasteiger partial charge in [0.15, 0.2) is 0 Å². The van der Waals surface area contributed by atoms with Gasteiger partial charge in [0.05, 0.1) is 12.2 Å². The maximum atomic E-state index is 12.7. The number of rotatable bonds is 4. The molecule has 2 aromatic rings. The predicted molar refractivity (Wildman–Crippen MR) is 119 cm³/mol. The third kappa shape index (κ3) is 5.11. The van der Waals surface area contributed by atoms with E-state index in [4.69, 9.17) is 16.3 Å². The number of amides is 2. The second-order valence-corrected chi connectivity index (χ2v) is 9.87. The first-order chi connectivity index (χ1) is 13.7. The molecule has 156 valence electrons. The van der Waals surface area contributed by atoms with Crippen LogP contribution in [-0.2, 0) is 17.6 Å². The van der Waals surface area contributed by atoms with Crippen molar-refractivity contribution in [3.63, 3.8) is 0 Å². The molecular weight excluding hydrogens is 408 g/mol. The molecule has 3 rings (SSSR count). The standard InChI is InChI=1S/C22H27ClN2O3S/c1-5-28-20(26)18-16-10-9-13(22(2,3)4)11-17(16)29-19(18)25-21(27)24-15-8-6-7-14(23)12-15/h6-8,12-13H,5,9-11H2,1-4H3,(H2,24,25,27). The van der Waals surface area contributed by atoms with Crippen molar-refractivity contribution < 1.29 is 14.3 Å². The van der Waals surface area contributed by atoms with E-state index in [9.17, 15) is 9.59 Å². The number of anilines is 2. The van der Waals surface area contributed by atoms with Crippen LogP contribution in [0.4, 0.5) is 15.5 Å². The Bertz CT molecular complexity index is 917. The van der Waals surface area contributed by atoms with Crippen molar-refractivity contribution in [3.05, 3.63) is 45.3 Å². The molecule has 0 bridgehead atoms. The molecule has 0 aliphatic heterocycles. The van der Waals surface area contributed by atoms with Gasteiger partial charge in [0.2, 0.25) is 0 Å². The monoisotopic (exact) mass is 434 g/mol. The van der Waals surface area contributed by atoms with Crippen molar-refractivity contribution >= 4 is 45.6 Å². The highest BCUT2D eigenvalue weighted by Crippen LogP contribution is 2.44. The highest BCUT2D eigenvalue weighted by atomic mass is 35.5. The van der Waals surface area contributed by atoms with Crippen LogP contribution >= 0.6 is 22.9 Å². The normalized spacial score (nSPS) is 16.1. The second kappa shape index (κ2) is 8.76. The van der Waals surface area contributed by atoms with Gasteiger partial charge in [0.1, 0.15) is 5.00 Å². The van der Waals surface area contributed by atoms with E-state index in [0.717, 1.165) is 29.7 Å². The van der Waals surface area contributed by atoms with E-state index in [1.54, 1.807) is 31.2 Å². The van der Waals surface area contributed by atoms with Crippen LogP contribution in [0.5, 0.6) is 0 Å². The van der Waals surface area contributed by atoms with Crippen LogP contribution in [0.15, 0.2) is 24.3 Å². The Balaban J connectivity index is 1.86. The molecule has 2 N–H and O–H groups in total. The van der Waals surface area contributed by atoms with Gasteiger partial charge < -0.3 is 10.1 Å². The molecule has 1 unspecified atom stereocenters. The molecule has 1 heterocycles. The minimum Gasteiger partial charge on any atom is -0.462 e. The summed E-state index contributed by atoms with van der Waals surface area (Å²) in [6.45, 7) is 8.83. The van der Waals surface area contributed by atoms with Crippen molar-refractivity contribution in [2.75, 3.05) is 17.2 Å². The van der Waals surface area contributed by atoms with Crippen molar-refractivity contribution in [1.29, 1.82) is 0 Å². The van der Waals surface area contributed by atoms with Gasteiger partial charge in [-0.1, -0.05) is 38.4 Å². The molecule has 0 radical (unpaired) electrons. The number of urea groups is 1. The van der Waals surface area contributed by atoms with Gasteiger partial charge in [-0.2, -0.15) is 0 Å². The Hall–Kier alpha value is -2.05. The van der Waals surface area contributed by atoms with Crippen LogP contribution in [0.3, 0.4) is 0 Å². The van der Waals surface area contributed by atoms with Crippen LogP contribution in [0, 0.1) is 11.3 Å². The van der Waals surface area contributed by atoms with E-state index >= 15 is 0 Å². The Morgan fingerprint density at radius 3 is 2.69 bits per heavy atom. The molecule has 0 spiro atoms. The van der Waals surface area contributed by atoms with E-state index < -0.39 is 6.03 Å². The number of thiophene rings is 1. The predicted octanol–water partition coefficient (Wildman–Crippen LogP) is 6.37. The SMILES string of the molecule is CCOC(=O)c1c(NC(=O)Nc2cccc(Cl)c2)sc2c1CCC(C(C)(C)C)C2. The summed E-state index contributed by atoms with van der Waals surface area (Å²) in [5.41, 5.74) is 2.30. The Labute approximate surface area is 180 Å². The van der Waals surface area contributed by atoms with Gasteiger partial charge >= 0.3 is 12.0 Å². The largest absolute Gasteiger partial charge is 0.462 e. The first-order valence-electron chi connectivity index (χ1n) is 9.84. The Morgan fingerprint density at radius 1 is 1.28 bits per heavy atom. The highest BCUT2D eigenvalue weighted by molar-refractivity contribution is 7.17. The Kier molecular flexibility index (Phi) is 6.54. The number of carbonyl (C=O) groups excluding carboxylic acids is 2. The summed E-state index contributed by atoms with van der Waals surface area (Å²) in [5.74, 6) is 0.161. The number of hydrogen-bond donors (Lipinski definition) is 2. The molecule has 5 nitrogen and oxygen atoms in total. The number of esters is 1. The summed E-state index contributed by atoms with van der Waals surface area (Å²) in [4.78, 5) is 26.4. The zero-order valence-corrected chi connectivity index (χ0v) is 18.8. The fraction of sp³-hybridized carbons (Fsp3) is 0.455. The molecule has 7 heteroatoms. The van der Waals surface area contributed by atoms with Gasteiger partial charge in [-0.05, 0) is 61.3 Å². The van der Waals surface area contributed by atoms with E-state index in [2.05, 4.69) is 31.4 Å². The lowest BCUT2D eigenvalue weighted by Gasteiger charge is -2.33. The fourth-order valence-electron chi connectivity index (χ4n) is 3.66. The van der Waals surface area contributed by atoms with Crippen LogP contribution in [-0.4, -0.2) is 18.6 Å². The van der Waals surface area contributed by atoms with E-state index in [0.29, 0.717) is 33.8 Å². The number of ether oxygens (including phenoxy) is 1. The van der Waals surface area contributed by atoms with Crippen molar-refractivity contribution in [1.82, 2.24) is 0 Å². The molecule has 2 amide bonds. The fourth-order valence-corrected chi connectivity index (χ4v) is 5.16. The lowest BCUT2D eigenvalue weighted by atomic mass is 9.72. The summed E-state index contributed by atoms with van der Waals surface area (Å²) in [6, 6.07) is 6.51. The number of carbonyl (C=O) groups is 2. The summed E-state index contributed by atoms with van der Waals surface area (Å²) in [5, 5.41) is 6.70. The zero-order chi connectivity index (χ0) is 21.2. The van der Waals surface area contributed by atoms with E-state index in [1.807, 2.05) is 0 Å². The highest BCUT2D eigenvalue weighted by Gasteiger charge is 2.34. The van der Waals surface area contributed by atoms with Gasteiger partial charge in [0, 0.05) is 15.6 Å². The maximum Gasteiger partial charge on any atom is 0.341 e. The summed E-state index contributed by atoms with van der Waals surface area (Å²) in [7, 11) is 0. The number of hydrogen-bond acceptors (Lipinski definition) is 4. The Morgan fingerprint density at radius 2 is 2.03 bits per heavy atom.